The number of rotatable bonds is 8. The first-order valence-electron chi connectivity index (χ1n) is 11.0. The van der Waals surface area contributed by atoms with Crippen LogP contribution in [0.3, 0.4) is 0 Å². The molecule has 3 rings (SSSR count). The minimum Gasteiger partial charge on any atom is -0.375 e. The van der Waals surface area contributed by atoms with Crippen molar-refractivity contribution in [2.24, 2.45) is 0 Å². The van der Waals surface area contributed by atoms with Gasteiger partial charge in [0.1, 0.15) is 0 Å². The van der Waals surface area contributed by atoms with Crippen LogP contribution in [0.2, 0.25) is 5.02 Å². The molecular formula is C24H29ClN4O3. The molecule has 170 valence electrons. The summed E-state index contributed by atoms with van der Waals surface area (Å²) in [5.41, 5.74) is 2.40. The van der Waals surface area contributed by atoms with E-state index in [-0.39, 0.29) is 24.3 Å². The summed E-state index contributed by atoms with van der Waals surface area (Å²) in [6, 6.07) is 12.0. The molecule has 0 saturated carbocycles. The summed E-state index contributed by atoms with van der Waals surface area (Å²) in [6.07, 6.45) is 4.47. The third-order valence-corrected chi connectivity index (χ3v) is 5.56. The van der Waals surface area contributed by atoms with Crippen LogP contribution < -0.4 is 16.0 Å². The second-order valence-corrected chi connectivity index (χ2v) is 8.23. The molecule has 1 aliphatic heterocycles. The van der Waals surface area contributed by atoms with Crippen LogP contribution in [-0.4, -0.2) is 42.3 Å². The summed E-state index contributed by atoms with van der Waals surface area (Å²) >= 11 is 6.21. The number of piperidine rings is 1. The molecule has 1 fully saturated rings. The highest BCUT2D eigenvalue weighted by Crippen LogP contribution is 2.25. The molecule has 7 nitrogen and oxygen atoms in total. The van der Waals surface area contributed by atoms with E-state index in [1.54, 1.807) is 42.5 Å². The number of amides is 3. The van der Waals surface area contributed by atoms with Crippen LogP contribution in [-0.2, 0) is 9.59 Å². The van der Waals surface area contributed by atoms with Gasteiger partial charge in [0.2, 0.25) is 11.8 Å². The molecule has 3 N–H and O–H groups in total. The summed E-state index contributed by atoms with van der Waals surface area (Å²) in [6.45, 7) is 3.54. The van der Waals surface area contributed by atoms with Gasteiger partial charge in [0.25, 0.3) is 5.91 Å². The number of halogens is 1. The van der Waals surface area contributed by atoms with Crippen molar-refractivity contribution in [3.05, 3.63) is 53.1 Å². The van der Waals surface area contributed by atoms with Gasteiger partial charge < -0.3 is 20.9 Å². The zero-order valence-corrected chi connectivity index (χ0v) is 19.0. The number of likely N-dealkylation sites (tertiary alicyclic amines) is 1. The number of carbonyl (C=O) groups excluding carboxylic acids is 3. The predicted molar refractivity (Wildman–Crippen MR) is 128 cm³/mol. The van der Waals surface area contributed by atoms with E-state index < -0.39 is 0 Å². The van der Waals surface area contributed by atoms with E-state index in [0.717, 1.165) is 32.4 Å². The van der Waals surface area contributed by atoms with Gasteiger partial charge in [0.15, 0.2) is 0 Å². The Bertz CT molecular complexity index is 956. The van der Waals surface area contributed by atoms with E-state index in [2.05, 4.69) is 16.0 Å². The molecule has 0 aromatic heterocycles. The van der Waals surface area contributed by atoms with Crippen molar-refractivity contribution in [1.82, 2.24) is 4.90 Å². The number of anilines is 3. The van der Waals surface area contributed by atoms with Gasteiger partial charge in [0.05, 0.1) is 17.3 Å². The number of benzene rings is 2. The largest absolute Gasteiger partial charge is 0.375 e. The van der Waals surface area contributed by atoms with Gasteiger partial charge in [-0.25, -0.2) is 0 Å². The monoisotopic (exact) mass is 456 g/mol. The minimum absolute atomic E-state index is 0.000535. The molecule has 0 atom stereocenters. The minimum atomic E-state index is -0.253. The Hall–Kier alpha value is -3.06. The standard InChI is InChI=1S/C24H29ClN4O3/c1-2-6-22(30)28-19-11-12-20(25)21(15-19)26-16-23(31)27-18-9-7-17(8-10-18)24(32)29-13-4-3-5-14-29/h7-12,15,26H,2-6,13-14,16H2,1H3,(H,27,31)(H,28,30). The van der Waals surface area contributed by atoms with Crippen molar-refractivity contribution in [3.8, 4) is 0 Å². The Balaban J connectivity index is 1.52. The van der Waals surface area contributed by atoms with Crippen LogP contribution in [0, 0.1) is 0 Å². The second kappa shape index (κ2) is 11.5. The highest BCUT2D eigenvalue weighted by molar-refractivity contribution is 6.33. The Labute approximate surface area is 193 Å². The van der Waals surface area contributed by atoms with Crippen molar-refractivity contribution in [3.63, 3.8) is 0 Å². The van der Waals surface area contributed by atoms with Gasteiger partial charge in [-0.1, -0.05) is 18.5 Å². The van der Waals surface area contributed by atoms with Gasteiger partial charge in [-0.05, 0) is 68.1 Å². The highest BCUT2D eigenvalue weighted by atomic mass is 35.5. The van der Waals surface area contributed by atoms with Crippen molar-refractivity contribution < 1.29 is 14.4 Å². The van der Waals surface area contributed by atoms with Crippen molar-refractivity contribution >= 4 is 46.4 Å². The van der Waals surface area contributed by atoms with Gasteiger partial charge in [-0.15, -0.1) is 0 Å². The zero-order chi connectivity index (χ0) is 22.9. The van der Waals surface area contributed by atoms with Gasteiger partial charge in [-0.2, -0.15) is 0 Å². The second-order valence-electron chi connectivity index (χ2n) is 7.82. The number of hydrogen-bond acceptors (Lipinski definition) is 4. The molecule has 0 radical (unpaired) electrons. The summed E-state index contributed by atoms with van der Waals surface area (Å²) in [5, 5.41) is 9.05. The molecule has 0 bridgehead atoms. The zero-order valence-electron chi connectivity index (χ0n) is 18.2. The van der Waals surface area contributed by atoms with E-state index >= 15 is 0 Å². The van der Waals surface area contributed by atoms with Crippen LogP contribution in [0.1, 0.15) is 49.4 Å². The Kier molecular flexibility index (Phi) is 8.50. The van der Waals surface area contributed by atoms with Crippen molar-refractivity contribution in [1.29, 1.82) is 0 Å². The molecule has 2 aromatic carbocycles. The van der Waals surface area contributed by atoms with Crippen LogP contribution in [0.5, 0.6) is 0 Å². The van der Waals surface area contributed by atoms with E-state index in [4.69, 9.17) is 11.6 Å². The molecule has 32 heavy (non-hydrogen) atoms. The smallest absolute Gasteiger partial charge is 0.253 e. The normalized spacial score (nSPS) is 13.4. The fourth-order valence-electron chi connectivity index (χ4n) is 3.55. The topological polar surface area (TPSA) is 90.5 Å². The lowest BCUT2D eigenvalue weighted by molar-refractivity contribution is -0.116. The molecule has 2 aromatic rings. The lowest BCUT2D eigenvalue weighted by atomic mass is 10.1. The lowest BCUT2D eigenvalue weighted by Crippen LogP contribution is -2.35. The van der Waals surface area contributed by atoms with Gasteiger partial charge in [-0.3, -0.25) is 14.4 Å². The number of nitrogens with one attached hydrogen (secondary N) is 3. The fourth-order valence-corrected chi connectivity index (χ4v) is 3.73. The maximum Gasteiger partial charge on any atom is 0.253 e. The molecule has 1 saturated heterocycles. The predicted octanol–water partition coefficient (Wildman–Crippen LogP) is 4.76. The molecule has 3 amide bonds. The Morgan fingerprint density at radius 3 is 2.25 bits per heavy atom. The van der Waals surface area contributed by atoms with Crippen LogP contribution in [0.4, 0.5) is 17.1 Å². The SMILES string of the molecule is CCCC(=O)Nc1ccc(Cl)c(NCC(=O)Nc2ccc(C(=O)N3CCCCC3)cc2)c1. The Morgan fingerprint density at radius 2 is 1.56 bits per heavy atom. The van der Waals surface area contributed by atoms with E-state index in [1.807, 2.05) is 11.8 Å². The number of hydrogen-bond donors (Lipinski definition) is 3. The summed E-state index contributed by atoms with van der Waals surface area (Å²) in [4.78, 5) is 38.6. The molecule has 0 spiro atoms. The van der Waals surface area contributed by atoms with Crippen LogP contribution in [0.25, 0.3) is 0 Å². The molecule has 0 unspecified atom stereocenters. The molecule has 0 aliphatic carbocycles. The maximum absolute atomic E-state index is 12.5. The number of carbonyl (C=O) groups is 3. The lowest BCUT2D eigenvalue weighted by Gasteiger charge is -2.26. The van der Waals surface area contributed by atoms with Gasteiger partial charge in [0, 0.05) is 36.4 Å². The van der Waals surface area contributed by atoms with Crippen molar-refractivity contribution in [2.45, 2.75) is 39.0 Å². The molecule has 1 heterocycles. The van der Waals surface area contributed by atoms with E-state index in [9.17, 15) is 14.4 Å². The molecule has 8 heteroatoms. The average molecular weight is 457 g/mol. The maximum atomic E-state index is 12.5. The summed E-state index contributed by atoms with van der Waals surface area (Å²) in [5.74, 6) is -0.290. The summed E-state index contributed by atoms with van der Waals surface area (Å²) < 4.78 is 0. The van der Waals surface area contributed by atoms with E-state index in [1.165, 1.54) is 6.42 Å². The fraction of sp³-hybridized carbons (Fsp3) is 0.375. The van der Waals surface area contributed by atoms with Crippen LogP contribution >= 0.6 is 11.6 Å². The first-order valence-corrected chi connectivity index (χ1v) is 11.4. The number of nitrogens with zero attached hydrogens (tertiary/aromatic N) is 1. The van der Waals surface area contributed by atoms with Crippen molar-refractivity contribution in [2.75, 3.05) is 35.6 Å². The van der Waals surface area contributed by atoms with Crippen LogP contribution in [0.15, 0.2) is 42.5 Å². The third-order valence-electron chi connectivity index (χ3n) is 5.23. The quantitative estimate of drug-likeness (QED) is 0.534. The van der Waals surface area contributed by atoms with Gasteiger partial charge >= 0.3 is 0 Å². The molecule has 1 aliphatic rings. The third kappa shape index (κ3) is 6.72. The van der Waals surface area contributed by atoms with E-state index in [0.29, 0.717) is 34.1 Å². The first kappa shape index (κ1) is 23.6. The average Bonchev–Trinajstić information content (AvgIpc) is 2.80. The highest BCUT2D eigenvalue weighted by Gasteiger charge is 2.18. The first-order chi connectivity index (χ1) is 15.5. The Morgan fingerprint density at radius 1 is 0.906 bits per heavy atom. The summed E-state index contributed by atoms with van der Waals surface area (Å²) in [7, 11) is 0. The molecular weight excluding hydrogens is 428 g/mol.